The van der Waals surface area contributed by atoms with E-state index >= 15 is 0 Å². The number of nitro groups is 1. The van der Waals surface area contributed by atoms with Crippen LogP contribution in [0.4, 0.5) is 10.8 Å². The van der Waals surface area contributed by atoms with Crippen LogP contribution in [0.2, 0.25) is 0 Å². The second kappa shape index (κ2) is 12.0. The van der Waals surface area contributed by atoms with Crippen LogP contribution in [0.15, 0.2) is 69.3 Å². The lowest BCUT2D eigenvalue weighted by atomic mass is 10.0. The lowest BCUT2D eigenvalue weighted by Gasteiger charge is -2.09. The van der Waals surface area contributed by atoms with Gasteiger partial charge in [-0.05, 0) is 24.1 Å². The number of hydrogen-bond donors (Lipinski definition) is 1. The Labute approximate surface area is 197 Å². The van der Waals surface area contributed by atoms with Crippen molar-refractivity contribution in [1.29, 1.82) is 0 Å². The fourth-order valence-electron chi connectivity index (χ4n) is 2.97. The molecule has 0 aliphatic heterocycles. The first-order chi connectivity index (χ1) is 16.5. The average Bonchev–Trinajstić information content (AvgIpc) is 3.30. The molecule has 174 valence electrons. The van der Waals surface area contributed by atoms with Gasteiger partial charge in [0, 0.05) is 40.5 Å². The summed E-state index contributed by atoms with van der Waals surface area (Å²) in [6, 6.07) is 11.9. The van der Waals surface area contributed by atoms with Crippen molar-refractivity contribution in [3.8, 4) is 17.0 Å². The van der Waals surface area contributed by atoms with Crippen molar-refractivity contribution in [1.82, 2.24) is 4.98 Å². The van der Waals surface area contributed by atoms with Gasteiger partial charge in [-0.15, -0.1) is 16.5 Å². The van der Waals surface area contributed by atoms with Gasteiger partial charge in [-0.25, -0.2) is 9.78 Å². The third kappa shape index (κ3) is 6.58. The molecule has 34 heavy (non-hydrogen) atoms. The van der Waals surface area contributed by atoms with Crippen LogP contribution in [0.5, 0.6) is 5.75 Å². The zero-order valence-corrected chi connectivity index (χ0v) is 18.5. The van der Waals surface area contributed by atoms with Crippen LogP contribution in [-0.2, 0) is 11.2 Å². The molecule has 1 atom stereocenters. The lowest BCUT2D eigenvalue weighted by molar-refractivity contribution is -0.385. The number of nitro benzene ring substituents is 1. The first-order valence-electron chi connectivity index (χ1n) is 10.0. The van der Waals surface area contributed by atoms with E-state index in [1.165, 1.54) is 29.5 Å². The van der Waals surface area contributed by atoms with Gasteiger partial charge in [0.15, 0.2) is 6.04 Å². The zero-order chi connectivity index (χ0) is 24.3. The van der Waals surface area contributed by atoms with Crippen molar-refractivity contribution in [3.63, 3.8) is 0 Å². The topological polar surface area (TPSA) is 176 Å². The fourth-order valence-corrected chi connectivity index (χ4v) is 3.61. The monoisotopic (exact) mass is 481 g/mol. The summed E-state index contributed by atoms with van der Waals surface area (Å²) in [5.41, 5.74) is 9.71. The summed E-state index contributed by atoms with van der Waals surface area (Å²) in [6.45, 7) is 0.690. The number of aromatic nitrogens is 1. The van der Waals surface area contributed by atoms with E-state index in [0.29, 0.717) is 31.0 Å². The Morgan fingerprint density at radius 3 is 2.79 bits per heavy atom. The van der Waals surface area contributed by atoms with Gasteiger partial charge in [0.05, 0.1) is 17.2 Å². The molecule has 3 rings (SSSR count). The molecule has 0 amide bonds. The standard InChI is InChI=1S/C21H19N7O5S/c22-27-23-10-5-11-33-19-9-4-2-7-15(19)17-13-34-21(24-17)26-25-16(20(29)30)12-14-6-1-3-8-18(14)28(31)32/h1-4,6-9,13,16H,5,10-12H2,(H,29,30). The minimum absolute atomic E-state index is 0.170. The van der Waals surface area contributed by atoms with E-state index in [9.17, 15) is 20.0 Å². The summed E-state index contributed by atoms with van der Waals surface area (Å²) in [5.74, 6) is -0.657. The highest BCUT2D eigenvalue weighted by atomic mass is 32.1. The molecule has 0 bridgehead atoms. The van der Waals surface area contributed by atoms with E-state index in [1.54, 1.807) is 17.5 Å². The maximum atomic E-state index is 11.7. The predicted molar refractivity (Wildman–Crippen MR) is 124 cm³/mol. The SMILES string of the molecule is [N-]=[N+]=NCCCOc1ccccc1-c1csc(N=NC(Cc2ccccc2[N+](=O)[O-])C(=O)O)n1. The Morgan fingerprint density at radius 1 is 1.26 bits per heavy atom. The van der Waals surface area contributed by atoms with Gasteiger partial charge in [-0.1, -0.05) is 35.4 Å². The Bertz CT molecular complexity index is 1240. The number of hydrogen-bond acceptors (Lipinski definition) is 9. The molecule has 0 fully saturated rings. The van der Waals surface area contributed by atoms with Crippen molar-refractivity contribution >= 4 is 28.1 Å². The highest BCUT2D eigenvalue weighted by Crippen LogP contribution is 2.33. The summed E-state index contributed by atoms with van der Waals surface area (Å²) in [4.78, 5) is 29.4. The predicted octanol–water partition coefficient (Wildman–Crippen LogP) is 5.58. The summed E-state index contributed by atoms with van der Waals surface area (Å²) >= 11 is 1.17. The number of azide groups is 1. The first-order valence-corrected chi connectivity index (χ1v) is 10.9. The third-order valence-electron chi connectivity index (χ3n) is 4.55. The molecule has 1 N–H and O–H groups in total. The number of benzene rings is 2. The molecule has 3 aromatic rings. The second-order valence-electron chi connectivity index (χ2n) is 6.83. The smallest absolute Gasteiger partial charge is 0.330 e. The van der Waals surface area contributed by atoms with Crippen molar-refractivity contribution in [2.24, 2.45) is 15.3 Å². The molecule has 0 aliphatic rings. The number of aliphatic carboxylic acids is 1. The molecule has 0 radical (unpaired) electrons. The lowest BCUT2D eigenvalue weighted by Crippen LogP contribution is -2.20. The third-order valence-corrected chi connectivity index (χ3v) is 5.27. The first kappa shape index (κ1) is 24.3. The minimum atomic E-state index is -1.31. The van der Waals surface area contributed by atoms with Crippen LogP contribution in [0.25, 0.3) is 21.7 Å². The van der Waals surface area contributed by atoms with Gasteiger partial charge in [-0.3, -0.25) is 10.1 Å². The van der Waals surface area contributed by atoms with Crippen molar-refractivity contribution < 1.29 is 19.6 Å². The Morgan fingerprint density at radius 2 is 2.03 bits per heavy atom. The normalized spacial score (nSPS) is 11.6. The molecule has 13 heteroatoms. The number of carboxylic acid groups (broad SMARTS) is 1. The van der Waals surface area contributed by atoms with Gasteiger partial charge >= 0.3 is 5.97 Å². The number of ether oxygens (including phenoxy) is 1. The van der Waals surface area contributed by atoms with Gasteiger partial charge in [0.1, 0.15) is 5.75 Å². The number of carbonyl (C=O) groups is 1. The largest absolute Gasteiger partial charge is 0.493 e. The van der Waals surface area contributed by atoms with Crippen LogP contribution in [0, 0.1) is 10.1 Å². The Balaban J connectivity index is 1.74. The quantitative estimate of drug-likeness (QED) is 0.0881. The molecule has 1 aromatic heterocycles. The van der Waals surface area contributed by atoms with Crippen molar-refractivity contribution in [2.45, 2.75) is 18.9 Å². The van der Waals surface area contributed by atoms with E-state index < -0.39 is 16.9 Å². The minimum Gasteiger partial charge on any atom is -0.493 e. The summed E-state index contributed by atoms with van der Waals surface area (Å²) in [5, 5.41) is 34.0. The molecule has 12 nitrogen and oxygen atoms in total. The highest BCUT2D eigenvalue weighted by Gasteiger charge is 2.23. The molecule has 2 aromatic carbocycles. The zero-order valence-electron chi connectivity index (χ0n) is 17.7. The van der Waals surface area contributed by atoms with E-state index in [0.717, 1.165) is 5.56 Å². The van der Waals surface area contributed by atoms with E-state index in [4.69, 9.17) is 10.3 Å². The maximum absolute atomic E-state index is 11.7. The van der Waals surface area contributed by atoms with Gasteiger partial charge in [-0.2, -0.15) is 5.11 Å². The van der Waals surface area contributed by atoms with Crippen LogP contribution < -0.4 is 4.74 Å². The molecule has 1 unspecified atom stereocenters. The Hall–Kier alpha value is -4.35. The van der Waals surface area contributed by atoms with Gasteiger partial charge in [0.2, 0.25) is 5.13 Å². The average molecular weight is 481 g/mol. The fraction of sp³-hybridized carbons (Fsp3) is 0.238. The summed E-state index contributed by atoms with van der Waals surface area (Å²) < 4.78 is 5.77. The number of carboxylic acids is 1. The number of rotatable bonds is 12. The van der Waals surface area contributed by atoms with Gasteiger partial charge < -0.3 is 9.84 Å². The molecule has 0 aliphatic carbocycles. The molecule has 1 heterocycles. The number of azo groups is 1. The van der Waals surface area contributed by atoms with Crippen molar-refractivity contribution in [2.75, 3.05) is 13.2 Å². The number of thiazole rings is 1. The van der Waals surface area contributed by atoms with Crippen LogP contribution in [-0.4, -0.2) is 40.2 Å². The van der Waals surface area contributed by atoms with E-state index in [2.05, 4.69) is 25.2 Å². The van der Waals surface area contributed by atoms with Gasteiger partial charge in [0.25, 0.3) is 5.69 Å². The van der Waals surface area contributed by atoms with E-state index in [1.807, 2.05) is 18.2 Å². The number of para-hydroxylation sites is 2. The summed E-state index contributed by atoms with van der Waals surface area (Å²) in [7, 11) is 0. The highest BCUT2D eigenvalue weighted by molar-refractivity contribution is 7.13. The second-order valence-corrected chi connectivity index (χ2v) is 7.66. The van der Waals surface area contributed by atoms with Crippen LogP contribution in [0.3, 0.4) is 0 Å². The van der Waals surface area contributed by atoms with E-state index in [-0.39, 0.29) is 22.8 Å². The van der Waals surface area contributed by atoms with Crippen molar-refractivity contribution in [3.05, 3.63) is 80.0 Å². The molecule has 0 saturated carbocycles. The molecule has 0 saturated heterocycles. The molecule has 0 spiro atoms. The van der Waals surface area contributed by atoms with Crippen LogP contribution >= 0.6 is 11.3 Å². The Kier molecular flexibility index (Phi) is 8.60. The summed E-state index contributed by atoms with van der Waals surface area (Å²) in [6.07, 6.45) is 0.381. The molecular weight excluding hydrogens is 462 g/mol. The number of nitrogens with zero attached hydrogens (tertiary/aromatic N) is 7. The van der Waals surface area contributed by atoms with Crippen LogP contribution in [0.1, 0.15) is 12.0 Å². The maximum Gasteiger partial charge on any atom is 0.330 e. The molecular formula is C21H19N7O5S.